The number of carbonyl (C=O) groups is 3. The number of rotatable bonds is 5. The molecule has 2 amide bonds. The highest BCUT2D eigenvalue weighted by molar-refractivity contribution is 5.97. The molecule has 0 radical (unpaired) electrons. The number of nitrogens with zero attached hydrogens (tertiary/aromatic N) is 1. The zero-order valence-corrected chi connectivity index (χ0v) is 13.6. The summed E-state index contributed by atoms with van der Waals surface area (Å²) in [7, 11) is 0. The molecule has 3 rings (SSSR count). The number of anilines is 2. The molecule has 24 heavy (non-hydrogen) atoms. The van der Waals surface area contributed by atoms with E-state index in [-0.39, 0.29) is 18.2 Å². The van der Waals surface area contributed by atoms with Gasteiger partial charge in [0.1, 0.15) is 0 Å². The molecule has 2 N–H and O–H groups in total. The summed E-state index contributed by atoms with van der Waals surface area (Å²) < 4.78 is 0. The Kier molecular flexibility index (Phi) is 4.55. The highest BCUT2D eigenvalue weighted by Crippen LogP contribution is 2.41. The molecule has 2 aliphatic rings. The first-order valence-electron chi connectivity index (χ1n) is 8.44. The Morgan fingerprint density at radius 3 is 2.58 bits per heavy atom. The van der Waals surface area contributed by atoms with Crippen LogP contribution in [0.15, 0.2) is 24.3 Å². The first-order chi connectivity index (χ1) is 11.5. The summed E-state index contributed by atoms with van der Waals surface area (Å²) in [5, 5.41) is 12.3. The summed E-state index contributed by atoms with van der Waals surface area (Å²) in [5.74, 6) is -1.08. The number of benzene rings is 1. The molecule has 1 saturated carbocycles. The second kappa shape index (κ2) is 6.63. The molecule has 1 aromatic rings. The van der Waals surface area contributed by atoms with E-state index in [1.54, 1.807) is 23.1 Å². The first-order valence-corrected chi connectivity index (χ1v) is 8.44. The smallest absolute Gasteiger partial charge is 0.310 e. The van der Waals surface area contributed by atoms with Crippen LogP contribution in [0.4, 0.5) is 11.4 Å². The second-order valence-electron chi connectivity index (χ2n) is 6.72. The lowest BCUT2D eigenvalue weighted by atomic mass is 9.82. The lowest BCUT2D eigenvalue weighted by Crippen LogP contribution is -2.32. The van der Waals surface area contributed by atoms with Crippen molar-refractivity contribution in [3.05, 3.63) is 24.3 Å². The second-order valence-corrected chi connectivity index (χ2v) is 6.72. The molecular weight excluding hydrogens is 308 g/mol. The Balaban J connectivity index is 1.68. The van der Waals surface area contributed by atoms with Gasteiger partial charge < -0.3 is 15.3 Å². The van der Waals surface area contributed by atoms with Crippen LogP contribution in [-0.4, -0.2) is 29.4 Å². The van der Waals surface area contributed by atoms with Crippen molar-refractivity contribution in [1.82, 2.24) is 0 Å². The molecule has 2 fully saturated rings. The molecular formula is C18H22N2O4. The molecule has 0 bridgehead atoms. The summed E-state index contributed by atoms with van der Waals surface area (Å²) in [4.78, 5) is 37.4. The van der Waals surface area contributed by atoms with Crippen LogP contribution in [0.2, 0.25) is 0 Å². The van der Waals surface area contributed by atoms with Crippen molar-refractivity contribution in [3.8, 4) is 0 Å². The van der Waals surface area contributed by atoms with Crippen molar-refractivity contribution in [1.29, 1.82) is 0 Å². The van der Waals surface area contributed by atoms with Crippen LogP contribution in [0, 0.1) is 5.41 Å². The molecule has 6 nitrogen and oxygen atoms in total. The summed E-state index contributed by atoms with van der Waals surface area (Å²) in [6.07, 6.45) is 4.21. The van der Waals surface area contributed by atoms with Gasteiger partial charge in [-0.2, -0.15) is 0 Å². The van der Waals surface area contributed by atoms with Crippen molar-refractivity contribution in [2.75, 3.05) is 16.8 Å². The third-order valence-electron chi connectivity index (χ3n) is 5.03. The van der Waals surface area contributed by atoms with E-state index >= 15 is 0 Å². The maximum atomic E-state index is 12.3. The minimum Gasteiger partial charge on any atom is -0.481 e. The summed E-state index contributed by atoms with van der Waals surface area (Å²) in [6.45, 7) is 0.693. The van der Waals surface area contributed by atoms with E-state index in [1.807, 2.05) is 6.07 Å². The van der Waals surface area contributed by atoms with Crippen molar-refractivity contribution in [2.45, 2.75) is 44.9 Å². The Hall–Kier alpha value is -2.37. The fraction of sp³-hybridized carbons (Fsp3) is 0.500. The van der Waals surface area contributed by atoms with E-state index in [4.69, 9.17) is 0 Å². The van der Waals surface area contributed by atoms with E-state index in [2.05, 4.69) is 5.32 Å². The van der Waals surface area contributed by atoms with Gasteiger partial charge in [-0.3, -0.25) is 14.4 Å². The van der Waals surface area contributed by atoms with Crippen molar-refractivity contribution in [2.24, 2.45) is 5.41 Å². The van der Waals surface area contributed by atoms with Crippen LogP contribution in [0.5, 0.6) is 0 Å². The highest BCUT2D eigenvalue weighted by Gasteiger charge is 2.42. The molecule has 1 heterocycles. The maximum absolute atomic E-state index is 12.3. The number of carboxylic acids is 1. The normalized spacial score (nSPS) is 19.5. The minimum absolute atomic E-state index is 0.00476. The van der Waals surface area contributed by atoms with Gasteiger partial charge in [0.15, 0.2) is 0 Å². The third kappa shape index (κ3) is 3.27. The summed E-state index contributed by atoms with van der Waals surface area (Å²) >= 11 is 0. The molecule has 128 valence electrons. The molecule has 0 atom stereocenters. The topological polar surface area (TPSA) is 86.7 Å². The van der Waals surface area contributed by atoms with Gasteiger partial charge in [-0.15, -0.1) is 0 Å². The fourth-order valence-corrected chi connectivity index (χ4v) is 3.70. The number of aliphatic carboxylic acids is 1. The van der Waals surface area contributed by atoms with Crippen molar-refractivity contribution in [3.63, 3.8) is 0 Å². The van der Waals surface area contributed by atoms with Gasteiger partial charge in [-0.1, -0.05) is 18.9 Å². The van der Waals surface area contributed by atoms with Gasteiger partial charge in [0.25, 0.3) is 0 Å². The molecule has 0 spiro atoms. The average molecular weight is 330 g/mol. The van der Waals surface area contributed by atoms with Gasteiger partial charge in [0, 0.05) is 30.8 Å². The van der Waals surface area contributed by atoms with E-state index < -0.39 is 11.4 Å². The third-order valence-corrected chi connectivity index (χ3v) is 5.03. The lowest BCUT2D eigenvalue weighted by molar-refractivity contribution is -0.150. The number of hydrogen-bond acceptors (Lipinski definition) is 3. The van der Waals surface area contributed by atoms with Gasteiger partial charge in [0.2, 0.25) is 11.8 Å². The van der Waals surface area contributed by atoms with E-state index in [9.17, 15) is 19.5 Å². The monoisotopic (exact) mass is 330 g/mol. The quantitative estimate of drug-likeness (QED) is 0.869. The van der Waals surface area contributed by atoms with E-state index in [1.165, 1.54) is 0 Å². The SMILES string of the molecule is O=C(CC1(C(=O)O)CCCC1)Nc1cccc(N2CCCC2=O)c1. The Bertz CT molecular complexity index is 665. The molecule has 1 aliphatic carbocycles. The number of carboxylic acid groups (broad SMARTS) is 1. The van der Waals surface area contributed by atoms with Gasteiger partial charge in [-0.05, 0) is 37.5 Å². The summed E-state index contributed by atoms with van der Waals surface area (Å²) in [5.41, 5.74) is 0.437. The zero-order valence-electron chi connectivity index (χ0n) is 13.6. The highest BCUT2D eigenvalue weighted by atomic mass is 16.4. The van der Waals surface area contributed by atoms with Gasteiger partial charge in [0.05, 0.1) is 5.41 Å². The van der Waals surface area contributed by atoms with Gasteiger partial charge >= 0.3 is 5.97 Å². The van der Waals surface area contributed by atoms with Gasteiger partial charge in [-0.25, -0.2) is 0 Å². The zero-order chi connectivity index (χ0) is 17.2. The molecule has 1 saturated heterocycles. The Morgan fingerprint density at radius 2 is 1.96 bits per heavy atom. The van der Waals surface area contributed by atoms with Crippen molar-refractivity contribution < 1.29 is 19.5 Å². The molecule has 1 aliphatic heterocycles. The summed E-state index contributed by atoms with van der Waals surface area (Å²) in [6, 6.07) is 7.15. The van der Waals surface area contributed by atoms with Crippen LogP contribution < -0.4 is 10.2 Å². The maximum Gasteiger partial charge on any atom is 0.310 e. The molecule has 6 heteroatoms. The standard InChI is InChI=1S/C18H22N2O4/c21-15(12-18(17(23)24)8-1-2-9-18)19-13-5-3-6-14(11-13)20-10-4-7-16(20)22/h3,5-6,11H,1-2,4,7-10,12H2,(H,19,21)(H,23,24). The number of nitrogens with one attached hydrogen (secondary N) is 1. The molecule has 0 unspecified atom stereocenters. The van der Waals surface area contributed by atoms with E-state index in [0.717, 1.165) is 24.9 Å². The largest absolute Gasteiger partial charge is 0.481 e. The van der Waals surface area contributed by atoms with Crippen LogP contribution in [0.3, 0.4) is 0 Å². The van der Waals surface area contributed by atoms with E-state index in [0.29, 0.717) is 31.5 Å². The minimum atomic E-state index is -0.924. The lowest BCUT2D eigenvalue weighted by Gasteiger charge is -2.23. The fourth-order valence-electron chi connectivity index (χ4n) is 3.70. The van der Waals surface area contributed by atoms with Crippen LogP contribution in [-0.2, 0) is 14.4 Å². The Morgan fingerprint density at radius 1 is 1.21 bits per heavy atom. The Labute approximate surface area is 140 Å². The average Bonchev–Trinajstić information content (AvgIpc) is 3.17. The first kappa shape index (κ1) is 16.5. The van der Waals surface area contributed by atoms with Crippen LogP contribution >= 0.6 is 0 Å². The van der Waals surface area contributed by atoms with Crippen molar-refractivity contribution >= 4 is 29.2 Å². The molecule has 0 aromatic heterocycles. The number of carbonyl (C=O) groups excluding carboxylic acids is 2. The van der Waals surface area contributed by atoms with Crippen LogP contribution in [0.1, 0.15) is 44.9 Å². The van der Waals surface area contributed by atoms with Crippen LogP contribution in [0.25, 0.3) is 0 Å². The predicted molar refractivity (Wildman–Crippen MR) is 89.8 cm³/mol. The number of amides is 2. The molecule has 1 aromatic carbocycles. The number of hydrogen-bond donors (Lipinski definition) is 2. The predicted octanol–water partition coefficient (Wildman–Crippen LogP) is 2.79.